The maximum Gasteiger partial charge on any atom is 0.143 e. The summed E-state index contributed by atoms with van der Waals surface area (Å²) in [6.07, 6.45) is 2.79. The van der Waals surface area contributed by atoms with Crippen molar-refractivity contribution in [2.45, 2.75) is 38.0 Å². The van der Waals surface area contributed by atoms with Crippen molar-refractivity contribution in [1.82, 2.24) is 0 Å². The molecule has 0 nitrogen and oxygen atoms in total. The Morgan fingerprint density at radius 1 is 1.31 bits per heavy atom. The summed E-state index contributed by atoms with van der Waals surface area (Å²) in [7, 11) is 0. The quantitative estimate of drug-likeness (QED) is 0.526. The minimum Gasteiger partial charge on any atom is -0.207 e. The van der Waals surface area contributed by atoms with Crippen LogP contribution in [0.1, 0.15) is 31.7 Å². The number of benzene rings is 1. The second-order valence-electron chi connectivity index (χ2n) is 3.75. The molecule has 0 N–H and O–H groups in total. The van der Waals surface area contributed by atoms with Crippen LogP contribution in [0.5, 0.6) is 0 Å². The van der Waals surface area contributed by atoms with Gasteiger partial charge in [0.2, 0.25) is 0 Å². The first-order valence-corrected chi connectivity index (χ1v) is 6.55. The van der Waals surface area contributed by atoms with Gasteiger partial charge in [0.25, 0.3) is 0 Å². The lowest BCUT2D eigenvalue weighted by molar-refractivity contribution is 0.540. The van der Waals surface area contributed by atoms with E-state index in [4.69, 9.17) is 11.6 Å². The smallest absolute Gasteiger partial charge is 0.143 e. The maximum absolute atomic E-state index is 13.6. The highest BCUT2D eigenvalue weighted by molar-refractivity contribution is 9.10. The molecule has 0 bridgehead atoms. The van der Waals surface area contributed by atoms with Gasteiger partial charge in [-0.1, -0.05) is 13.3 Å². The normalized spacial score (nSPS) is 12.8. The summed E-state index contributed by atoms with van der Waals surface area (Å²) in [4.78, 5) is 0. The van der Waals surface area contributed by atoms with Gasteiger partial charge in [-0.15, -0.1) is 11.6 Å². The Balaban J connectivity index is 2.70. The molecular formula is C12H14BrClF2. The topological polar surface area (TPSA) is 0 Å². The molecule has 1 aromatic carbocycles. The molecule has 0 amide bonds. The largest absolute Gasteiger partial charge is 0.207 e. The van der Waals surface area contributed by atoms with Gasteiger partial charge in [-0.25, -0.2) is 8.78 Å². The molecule has 1 aromatic rings. The molecule has 1 rings (SSSR count). The summed E-state index contributed by atoms with van der Waals surface area (Å²) in [6.45, 7) is 2.04. The van der Waals surface area contributed by atoms with E-state index in [9.17, 15) is 8.78 Å². The van der Waals surface area contributed by atoms with Crippen LogP contribution >= 0.6 is 27.5 Å². The first-order chi connectivity index (χ1) is 7.56. The third kappa shape index (κ3) is 3.70. The summed E-state index contributed by atoms with van der Waals surface area (Å²) in [5.41, 5.74) is 0.121. The molecule has 1 atom stereocenters. The monoisotopic (exact) mass is 310 g/mol. The van der Waals surface area contributed by atoms with Crippen LogP contribution in [0.4, 0.5) is 8.78 Å². The van der Waals surface area contributed by atoms with Gasteiger partial charge in [-0.3, -0.25) is 0 Å². The lowest BCUT2D eigenvalue weighted by atomic mass is 10.0. The highest BCUT2D eigenvalue weighted by Gasteiger charge is 2.13. The van der Waals surface area contributed by atoms with Gasteiger partial charge < -0.3 is 0 Å². The highest BCUT2D eigenvalue weighted by Crippen LogP contribution is 2.24. The zero-order valence-corrected chi connectivity index (χ0v) is 11.4. The van der Waals surface area contributed by atoms with Gasteiger partial charge in [0.1, 0.15) is 11.6 Å². The van der Waals surface area contributed by atoms with Crippen molar-refractivity contribution in [2.24, 2.45) is 0 Å². The first-order valence-electron chi connectivity index (χ1n) is 5.32. The number of rotatable bonds is 5. The van der Waals surface area contributed by atoms with Gasteiger partial charge >= 0.3 is 0 Å². The molecule has 0 aromatic heterocycles. The molecule has 0 saturated carbocycles. The molecule has 90 valence electrons. The average molecular weight is 312 g/mol. The highest BCUT2D eigenvalue weighted by atomic mass is 79.9. The standard InChI is InChI=1S/C12H14BrClF2/c1-2-3-8(14)4-5-9-11(15)7-6-10(13)12(9)16/h6-8H,2-5H2,1H3. The van der Waals surface area contributed by atoms with Crippen LogP contribution in [0.2, 0.25) is 0 Å². The first kappa shape index (κ1) is 13.9. The van der Waals surface area contributed by atoms with E-state index in [2.05, 4.69) is 15.9 Å². The summed E-state index contributed by atoms with van der Waals surface area (Å²) in [5.74, 6) is -1.01. The SMILES string of the molecule is CCCC(Cl)CCc1c(F)ccc(Br)c1F. The second-order valence-corrected chi connectivity index (χ2v) is 5.22. The van der Waals surface area contributed by atoms with Crippen LogP contribution in [-0.4, -0.2) is 5.38 Å². The number of alkyl halides is 1. The van der Waals surface area contributed by atoms with Gasteiger partial charge in [0, 0.05) is 10.9 Å². The van der Waals surface area contributed by atoms with E-state index in [-0.39, 0.29) is 10.9 Å². The minimum absolute atomic E-state index is 0.0113. The van der Waals surface area contributed by atoms with Crippen molar-refractivity contribution in [1.29, 1.82) is 0 Å². The molecule has 0 spiro atoms. The van der Waals surface area contributed by atoms with E-state index in [0.717, 1.165) is 12.8 Å². The van der Waals surface area contributed by atoms with E-state index in [1.54, 1.807) is 0 Å². The van der Waals surface area contributed by atoms with Crippen LogP contribution < -0.4 is 0 Å². The summed E-state index contributed by atoms with van der Waals surface area (Å²) in [6, 6.07) is 2.64. The molecule has 0 aliphatic rings. The van der Waals surface area contributed by atoms with Crippen molar-refractivity contribution in [3.05, 3.63) is 33.8 Å². The third-order valence-electron chi connectivity index (χ3n) is 2.45. The van der Waals surface area contributed by atoms with E-state index in [1.807, 2.05) is 6.92 Å². The molecule has 0 aliphatic carbocycles. The second kappa shape index (κ2) is 6.55. The minimum atomic E-state index is -0.514. The molecule has 4 heteroatoms. The fourth-order valence-electron chi connectivity index (χ4n) is 1.56. The lowest BCUT2D eigenvalue weighted by Gasteiger charge is -2.10. The van der Waals surface area contributed by atoms with Crippen LogP contribution in [0, 0.1) is 11.6 Å². The third-order valence-corrected chi connectivity index (χ3v) is 3.50. The van der Waals surface area contributed by atoms with Gasteiger partial charge in [-0.05, 0) is 47.3 Å². The summed E-state index contributed by atoms with van der Waals surface area (Å²) < 4.78 is 27.2. The number of hydrogen-bond donors (Lipinski definition) is 0. The molecular weight excluding hydrogens is 297 g/mol. The van der Waals surface area contributed by atoms with E-state index in [0.29, 0.717) is 17.3 Å². The Labute approximate surface area is 108 Å². The molecule has 1 unspecified atom stereocenters. The molecule has 0 radical (unpaired) electrons. The Hall–Kier alpha value is -0.150. The lowest BCUT2D eigenvalue weighted by Crippen LogP contribution is -2.04. The van der Waals surface area contributed by atoms with Crippen LogP contribution in [0.3, 0.4) is 0 Å². The van der Waals surface area contributed by atoms with Crippen molar-refractivity contribution >= 4 is 27.5 Å². The fourth-order valence-corrected chi connectivity index (χ4v) is 2.26. The molecule has 16 heavy (non-hydrogen) atoms. The van der Waals surface area contributed by atoms with Gasteiger partial charge in [0.15, 0.2) is 0 Å². The summed E-state index contributed by atoms with van der Waals surface area (Å²) in [5, 5.41) is -0.0113. The fraction of sp³-hybridized carbons (Fsp3) is 0.500. The zero-order chi connectivity index (χ0) is 12.1. The number of hydrogen-bond acceptors (Lipinski definition) is 0. The Morgan fingerprint density at radius 3 is 2.62 bits per heavy atom. The van der Waals surface area contributed by atoms with E-state index < -0.39 is 11.6 Å². The molecule has 0 saturated heterocycles. The van der Waals surface area contributed by atoms with Gasteiger partial charge in [-0.2, -0.15) is 0 Å². The Bertz CT molecular complexity index is 355. The van der Waals surface area contributed by atoms with Crippen LogP contribution in [-0.2, 0) is 6.42 Å². The van der Waals surface area contributed by atoms with E-state index >= 15 is 0 Å². The molecule has 0 fully saturated rings. The maximum atomic E-state index is 13.6. The van der Waals surface area contributed by atoms with Gasteiger partial charge in [0.05, 0.1) is 4.47 Å². The van der Waals surface area contributed by atoms with E-state index in [1.165, 1.54) is 12.1 Å². The Morgan fingerprint density at radius 2 is 2.00 bits per heavy atom. The van der Waals surface area contributed by atoms with Crippen molar-refractivity contribution in [3.63, 3.8) is 0 Å². The molecule has 0 heterocycles. The number of halogens is 4. The predicted molar refractivity (Wildman–Crippen MR) is 66.9 cm³/mol. The predicted octanol–water partition coefficient (Wildman–Crippen LogP) is 5.07. The van der Waals surface area contributed by atoms with Crippen LogP contribution in [0.15, 0.2) is 16.6 Å². The molecule has 0 aliphatic heterocycles. The van der Waals surface area contributed by atoms with Crippen molar-refractivity contribution < 1.29 is 8.78 Å². The average Bonchev–Trinajstić information content (AvgIpc) is 2.24. The zero-order valence-electron chi connectivity index (χ0n) is 9.07. The van der Waals surface area contributed by atoms with Crippen molar-refractivity contribution in [2.75, 3.05) is 0 Å². The Kier molecular flexibility index (Phi) is 5.70. The van der Waals surface area contributed by atoms with Crippen molar-refractivity contribution in [3.8, 4) is 0 Å². The summed E-state index contributed by atoms with van der Waals surface area (Å²) >= 11 is 9.06. The van der Waals surface area contributed by atoms with Crippen LogP contribution in [0.25, 0.3) is 0 Å².